The van der Waals surface area contributed by atoms with Gasteiger partial charge in [0, 0.05) is 24.4 Å². The van der Waals surface area contributed by atoms with E-state index >= 15 is 0 Å². The molecule has 1 heterocycles. The van der Waals surface area contributed by atoms with Crippen molar-refractivity contribution in [2.75, 3.05) is 18.5 Å². The van der Waals surface area contributed by atoms with Gasteiger partial charge in [0.2, 0.25) is 0 Å². The van der Waals surface area contributed by atoms with E-state index in [-0.39, 0.29) is 18.0 Å². The Morgan fingerprint density at radius 1 is 1.10 bits per heavy atom. The zero-order valence-corrected chi connectivity index (χ0v) is 17.8. The molecule has 0 radical (unpaired) electrons. The number of ether oxygens (including phenoxy) is 3. The van der Waals surface area contributed by atoms with Crippen molar-refractivity contribution in [2.24, 2.45) is 0 Å². The van der Waals surface area contributed by atoms with Gasteiger partial charge < -0.3 is 19.5 Å². The van der Waals surface area contributed by atoms with E-state index in [0.717, 1.165) is 42.0 Å². The van der Waals surface area contributed by atoms with Crippen LogP contribution in [0.3, 0.4) is 0 Å². The number of anilines is 1. The average molecular weight is 402 g/mol. The van der Waals surface area contributed by atoms with Crippen LogP contribution in [0, 0.1) is 5.82 Å². The number of hydrogen-bond donors (Lipinski definition) is 1. The van der Waals surface area contributed by atoms with Gasteiger partial charge in [-0.25, -0.2) is 4.39 Å². The lowest BCUT2D eigenvalue weighted by Gasteiger charge is -2.44. The Bertz CT molecular complexity index is 808. The van der Waals surface area contributed by atoms with Crippen molar-refractivity contribution in [3.8, 4) is 5.75 Å². The minimum atomic E-state index is -0.586. The fourth-order valence-electron chi connectivity index (χ4n) is 3.68. The number of fused-ring (bicyclic) bond motifs is 1. The van der Waals surface area contributed by atoms with E-state index < -0.39 is 5.60 Å². The standard InChI is InChI=1S/C24H32FNO3/c1-5-7-13-27-22-20-15-19(26-6-2)11-12-21(20)29-24(3,4)23(22)28-16-17-9-8-10-18(25)14-17/h8-12,14-15,22-23,26H,5-7,13,16H2,1-4H3. The van der Waals surface area contributed by atoms with E-state index in [1.54, 1.807) is 6.07 Å². The molecule has 2 atom stereocenters. The van der Waals surface area contributed by atoms with E-state index in [9.17, 15) is 4.39 Å². The van der Waals surface area contributed by atoms with Gasteiger partial charge in [0.15, 0.2) is 0 Å². The number of rotatable bonds is 9. The summed E-state index contributed by atoms with van der Waals surface area (Å²) in [5.74, 6) is 0.561. The summed E-state index contributed by atoms with van der Waals surface area (Å²) in [4.78, 5) is 0. The number of hydrogen-bond acceptors (Lipinski definition) is 4. The van der Waals surface area contributed by atoms with Gasteiger partial charge in [-0.05, 0) is 63.1 Å². The summed E-state index contributed by atoms with van der Waals surface area (Å²) in [6, 6.07) is 12.6. The first-order chi connectivity index (χ1) is 13.9. The predicted molar refractivity (Wildman–Crippen MR) is 114 cm³/mol. The maximum absolute atomic E-state index is 13.6. The van der Waals surface area contributed by atoms with Gasteiger partial charge in [-0.15, -0.1) is 0 Å². The highest BCUT2D eigenvalue weighted by Gasteiger charge is 2.45. The predicted octanol–water partition coefficient (Wildman–Crippen LogP) is 5.87. The monoisotopic (exact) mass is 401 g/mol. The van der Waals surface area contributed by atoms with Crippen molar-refractivity contribution in [3.63, 3.8) is 0 Å². The van der Waals surface area contributed by atoms with Gasteiger partial charge in [0.1, 0.15) is 29.4 Å². The van der Waals surface area contributed by atoms with Gasteiger partial charge in [-0.3, -0.25) is 0 Å². The molecule has 3 rings (SSSR count). The van der Waals surface area contributed by atoms with E-state index in [2.05, 4.69) is 25.2 Å². The quantitative estimate of drug-likeness (QED) is 0.533. The number of nitrogens with one attached hydrogen (secondary N) is 1. The molecule has 2 aromatic rings. The van der Waals surface area contributed by atoms with Crippen molar-refractivity contribution < 1.29 is 18.6 Å². The molecule has 1 aliphatic rings. The summed E-state index contributed by atoms with van der Waals surface area (Å²) in [5, 5.41) is 3.35. The molecule has 29 heavy (non-hydrogen) atoms. The SMILES string of the molecule is CCCCOC1c2cc(NCC)ccc2OC(C)(C)C1OCc1cccc(F)c1. The highest BCUT2D eigenvalue weighted by molar-refractivity contribution is 5.53. The molecular weight excluding hydrogens is 369 g/mol. The van der Waals surface area contributed by atoms with Gasteiger partial charge in [0.05, 0.1) is 6.61 Å². The Labute approximate surface area is 173 Å². The zero-order chi connectivity index (χ0) is 20.9. The largest absolute Gasteiger partial charge is 0.485 e. The minimum absolute atomic E-state index is 0.257. The van der Waals surface area contributed by atoms with E-state index in [1.165, 1.54) is 12.1 Å². The van der Waals surface area contributed by atoms with Crippen LogP contribution in [0.15, 0.2) is 42.5 Å². The molecule has 0 aliphatic carbocycles. The first kappa shape index (κ1) is 21.6. The Morgan fingerprint density at radius 3 is 2.66 bits per heavy atom. The summed E-state index contributed by atoms with van der Waals surface area (Å²) >= 11 is 0. The third-order valence-corrected chi connectivity index (χ3v) is 5.14. The molecule has 0 fully saturated rings. The lowest BCUT2D eigenvalue weighted by Crippen LogP contribution is -2.51. The number of halogens is 1. The molecule has 4 nitrogen and oxygen atoms in total. The Morgan fingerprint density at radius 2 is 1.93 bits per heavy atom. The second-order valence-corrected chi connectivity index (χ2v) is 7.99. The molecule has 0 saturated heterocycles. The van der Waals surface area contributed by atoms with Gasteiger partial charge in [-0.2, -0.15) is 0 Å². The van der Waals surface area contributed by atoms with Crippen molar-refractivity contribution in [2.45, 2.75) is 65.0 Å². The summed E-state index contributed by atoms with van der Waals surface area (Å²) in [5.41, 5.74) is 2.22. The van der Waals surface area contributed by atoms with Crippen molar-refractivity contribution in [3.05, 3.63) is 59.4 Å². The summed E-state index contributed by atoms with van der Waals surface area (Å²) in [6.45, 7) is 10.0. The van der Waals surface area contributed by atoms with Gasteiger partial charge >= 0.3 is 0 Å². The van der Waals surface area contributed by atoms with Crippen LogP contribution in [0.2, 0.25) is 0 Å². The molecule has 5 heteroatoms. The van der Waals surface area contributed by atoms with Crippen molar-refractivity contribution >= 4 is 5.69 Å². The van der Waals surface area contributed by atoms with Crippen LogP contribution >= 0.6 is 0 Å². The molecule has 0 aromatic heterocycles. The molecule has 158 valence electrons. The molecule has 0 amide bonds. The third kappa shape index (κ3) is 5.28. The zero-order valence-electron chi connectivity index (χ0n) is 17.8. The lowest BCUT2D eigenvalue weighted by atomic mass is 9.87. The van der Waals surface area contributed by atoms with Crippen LogP contribution in [0.1, 0.15) is 57.8 Å². The Kier molecular flexibility index (Phi) is 7.14. The van der Waals surface area contributed by atoms with Crippen LogP contribution in [-0.4, -0.2) is 24.9 Å². The molecule has 1 N–H and O–H groups in total. The second-order valence-electron chi connectivity index (χ2n) is 7.99. The second kappa shape index (κ2) is 9.59. The summed E-state index contributed by atoms with van der Waals surface area (Å²) in [6.07, 6.45) is 1.46. The van der Waals surface area contributed by atoms with Crippen molar-refractivity contribution in [1.82, 2.24) is 0 Å². The average Bonchev–Trinajstić information content (AvgIpc) is 2.67. The highest BCUT2D eigenvalue weighted by atomic mass is 19.1. The molecule has 2 aromatic carbocycles. The molecule has 0 saturated carbocycles. The van der Waals surface area contributed by atoms with Crippen LogP contribution in [0.25, 0.3) is 0 Å². The van der Waals surface area contributed by atoms with Crippen molar-refractivity contribution in [1.29, 1.82) is 0 Å². The smallest absolute Gasteiger partial charge is 0.132 e. The molecule has 1 aliphatic heterocycles. The number of benzene rings is 2. The Hall–Kier alpha value is -2.11. The summed E-state index contributed by atoms with van der Waals surface area (Å²) < 4.78 is 32.5. The van der Waals surface area contributed by atoms with Crippen LogP contribution in [0.4, 0.5) is 10.1 Å². The maximum Gasteiger partial charge on any atom is 0.132 e. The fraction of sp³-hybridized carbons (Fsp3) is 0.500. The normalized spacial score (nSPS) is 20.0. The minimum Gasteiger partial charge on any atom is -0.485 e. The molecule has 2 unspecified atom stereocenters. The summed E-state index contributed by atoms with van der Waals surface area (Å²) in [7, 11) is 0. The van der Waals surface area contributed by atoms with E-state index in [4.69, 9.17) is 14.2 Å². The maximum atomic E-state index is 13.6. The first-order valence-corrected chi connectivity index (χ1v) is 10.5. The topological polar surface area (TPSA) is 39.7 Å². The van der Waals surface area contributed by atoms with Crippen LogP contribution in [0.5, 0.6) is 5.75 Å². The van der Waals surface area contributed by atoms with Crippen LogP contribution < -0.4 is 10.1 Å². The van der Waals surface area contributed by atoms with Crippen LogP contribution in [-0.2, 0) is 16.1 Å². The fourth-order valence-corrected chi connectivity index (χ4v) is 3.68. The molecule has 0 spiro atoms. The van der Waals surface area contributed by atoms with E-state index in [0.29, 0.717) is 13.2 Å². The van der Waals surface area contributed by atoms with E-state index in [1.807, 2.05) is 32.0 Å². The highest BCUT2D eigenvalue weighted by Crippen LogP contribution is 2.44. The van der Waals surface area contributed by atoms with Gasteiger partial charge in [-0.1, -0.05) is 25.5 Å². The Balaban J connectivity index is 1.89. The molecule has 0 bridgehead atoms. The third-order valence-electron chi connectivity index (χ3n) is 5.14. The van der Waals surface area contributed by atoms with Gasteiger partial charge in [0.25, 0.3) is 0 Å². The molecular formula is C24H32FNO3. The lowest BCUT2D eigenvalue weighted by molar-refractivity contribution is -0.167. The first-order valence-electron chi connectivity index (χ1n) is 10.5. The number of unbranched alkanes of at least 4 members (excludes halogenated alkanes) is 1.